The van der Waals surface area contributed by atoms with Crippen LogP contribution in [0.3, 0.4) is 0 Å². The van der Waals surface area contributed by atoms with E-state index in [0.29, 0.717) is 5.69 Å². The maximum atomic E-state index is 13.4. The van der Waals surface area contributed by atoms with Crippen LogP contribution in [0.25, 0.3) is 0 Å². The smallest absolute Gasteiger partial charge is 0.328 e. The molecule has 41 heavy (non-hydrogen) atoms. The Hall–Kier alpha value is -5.24. The number of nitrogens with one attached hydrogen (secondary N) is 3. The Morgan fingerprint density at radius 1 is 0.634 bits per heavy atom. The van der Waals surface area contributed by atoms with Gasteiger partial charge in [-0.15, -0.1) is 0 Å². The van der Waals surface area contributed by atoms with Gasteiger partial charge in [0.15, 0.2) is 0 Å². The van der Waals surface area contributed by atoms with Gasteiger partial charge in [0.1, 0.15) is 6.04 Å². The number of carbonyl (C=O) groups excluding carboxylic acids is 4. The van der Waals surface area contributed by atoms with Crippen molar-refractivity contribution in [3.05, 3.63) is 131 Å². The first-order valence-electron chi connectivity index (χ1n) is 13.3. The van der Waals surface area contributed by atoms with E-state index >= 15 is 0 Å². The fourth-order valence-corrected chi connectivity index (χ4v) is 4.27. The second-order valence-corrected chi connectivity index (χ2v) is 9.22. The first-order chi connectivity index (χ1) is 19.9. The number of benzene rings is 4. The van der Waals surface area contributed by atoms with Gasteiger partial charge in [0.05, 0.1) is 35.5 Å². The van der Waals surface area contributed by atoms with Crippen LogP contribution in [0.4, 0.5) is 11.4 Å². The normalized spacial score (nSPS) is 11.1. The summed E-state index contributed by atoms with van der Waals surface area (Å²) in [6.07, 6.45) is 0.403. The van der Waals surface area contributed by atoms with Gasteiger partial charge in [0.2, 0.25) is 5.91 Å². The SMILES string of the molecule is CCOC(=O)C(Cc1ccccc1)NC(=O)c1ccccc1NC(=O)c1ccccc1NC(=O)Cc1ccccc1. The van der Waals surface area contributed by atoms with E-state index in [-0.39, 0.29) is 42.2 Å². The molecule has 8 heteroatoms. The van der Waals surface area contributed by atoms with Crippen LogP contribution >= 0.6 is 0 Å². The molecule has 0 saturated carbocycles. The molecule has 3 amide bonds. The molecule has 0 aliphatic carbocycles. The lowest BCUT2D eigenvalue weighted by molar-refractivity contribution is -0.145. The molecular weight excluding hydrogens is 518 g/mol. The number of anilines is 2. The molecule has 1 unspecified atom stereocenters. The Labute approximate surface area is 238 Å². The molecule has 0 radical (unpaired) electrons. The summed E-state index contributed by atoms with van der Waals surface area (Å²) in [7, 11) is 0. The van der Waals surface area contributed by atoms with E-state index in [1.807, 2.05) is 60.7 Å². The summed E-state index contributed by atoms with van der Waals surface area (Å²) in [5, 5.41) is 8.35. The molecule has 208 valence electrons. The van der Waals surface area contributed by atoms with E-state index in [0.717, 1.165) is 11.1 Å². The van der Waals surface area contributed by atoms with E-state index in [1.54, 1.807) is 55.5 Å². The minimum Gasteiger partial charge on any atom is -0.464 e. The summed E-state index contributed by atoms with van der Waals surface area (Å²) in [5.41, 5.74) is 2.71. The summed E-state index contributed by atoms with van der Waals surface area (Å²) >= 11 is 0. The topological polar surface area (TPSA) is 114 Å². The summed E-state index contributed by atoms with van der Waals surface area (Å²) < 4.78 is 5.19. The molecule has 4 aromatic rings. The Kier molecular flexibility index (Phi) is 9.98. The number of rotatable bonds is 11. The molecular formula is C33H31N3O5. The summed E-state index contributed by atoms with van der Waals surface area (Å²) in [6.45, 7) is 1.88. The lowest BCUT2D eigenvalue weighted by atomic mass is 10.0. The van der Waals surface area contributed by atoms with Crippen LogP contribution in [0.1, 0.15) is 38.8 Å². The Bertz CT molecular complexity index is 1510. The molecule has 0 bridgehead atoms. The first kappa shape index (κ1) is 28.8. The monoisotopic (exact) mass is 549 g/mol. The van der Waals surface area contributed by atoms with Crippen molar-refractivity contribution in [3.63, 3.8) is 0 Å². The molecule has 0 aliphatic rings. The zero-order chi connectivity index (χ0) is 29.0. The second-order valence-electron chi connectivity index (χ2n) is 9.22. The Morgan fingerprint density at radius 3 is 1.76 bits per heavy atom. The fraction of sp³-hybridized carbons (Fsp3) is 0.152. The van der Waals surface area contributed by atoms with E-state index in [9.17, 15) is 19.2 Å². The predicted octanol–water partition coefficient (Wildman–Crippen LogP) is 5.02. The average Bonchev–Trinajstić information content (AvgIpc) is 2.98. The summed E-state index contributed by atoms with van der Waals surface area (Å²) in [5.74, 6) is -1.86. The first-order valence-corrected chi connectivity index (χ1v) is 13.3. The minimum atomic E-state index is -0.922. The van der Waals surface area contributed by atoms with Crippen molar-refractivity contribution in [2.24, 2.45) is 0 Å². The number of hydrogen-bond donors (Lipinski definition) is 3. The number of esters is 1. The number of ether oxygens (including phenoxy) is 1. The molecule has 4 aromatic carbocycles. The van der Waals surface area contributed by atoms with Crippen molar-refractivity contribution >= 4 is 35.1 Å². The van der Waals surface area contributed by atoms with Crippen LogP contribution in [0.5, 0.6) is 0 Å². The minimum absolute atomic E-state index is 0.157. The van der Waals surface area contributed by atoms with Crippen molar-refractivity contribution in [1.82, 2.24) is 5.32 Å². The van der Waals surface area contributed by atoms with Crippen LogP contribution in [-0.2, 0) is 27.2 Å². The van der Waals surface area contributed by atoms with Gasteiger partial charge in [-0.1, -0.05) is 84.9 Å². The van der Waals surface area contributed by atoms with Gasteiger partial charge in [0, 0.05) is 6.42 Å². The van der Waals surface area contributed by atoms with E-state index in [4.69, 9.17) is 4.74 Å². The third-order valence-corrected chi connectivity index (χ3v) is 6.23. The molecule has 0 heterocycles. The quantitative estimate of drug-likeness (QED) is 0.227. The van der Waals surface area contributed by atoms with Gasteiger partial charge in [-0.25, -0.2) is 4.79 Å². The average molecular weight is 550 g/mol. The molecule has 1 atom stereocenters. The third-order valence-electron chi connectivity index (χ3n) is 6.23. The Morgan fingerprint density at radius 2 is 1.15 bits per heavy atom. The van der Waals surface area contributed by atoms with Gasteiger partial charge in [-0.2, -0.15) is 0 Å². The van der Waals surface area contributed by atoms with E-state index < -0.39 is 23.8 Å². The van der Waals surface area contributed by atoms with Gasteiger partial charge in [-0.05, 0) is 42.3 Å². The maximum Gasteiger partial charge on any atom is 0.328 e. The standard InChI is InChI=1S/C33H31N3O5/c1-2-41-33(40)29(21-23-13-5-3-6-14-23)36-32(39)26-18-10-12-20-28(26)35-31(38)25-17-9-11-19-27(25)34-30(37)22-24-15-7-4-8-16-24/h3-20,29H,2,21-22H2,1H3,(H,34,37)(H,35,38)(H,36,39). The number of hydrogen-bond acceptors (Lipinski definition) is 5. The van der Waals surface area contributed by atoms with Gasteiger partial charge in [0.25, 0.3) is 11.8 Å². The largest absolute Gasteiger partial charge is 0.464 e. The highest BCUT2D eigenvalue weighted by atomic mass is 16.5. The lowest BCUT2D eigenvalue weighted by Crippen LogP contribution is -2.43. The van der Waals surface area contributed by atoms with Crippen molar-refractivity contribution in [3.8, 4) is 0 Å². The van der Waals surface area contributed by atoms with Crippen molar-refractivity contribution in [2.75, 3.05) is 17.2 Å². The zero-order valence-corrected chi connectivity index (χ0v) is 22.6. The number of carbonyl (C=O) groups is 4. The molecule has 8 nitrogen and oxygen atoms in total. The molecule has 0 fully saturated rings. The predicted molar refractivity (Wildman–Crippen MR) is 158 cm³/mol. The van der Waals surface area contributed by atoms with Crippen LogP contribution in [0, 0.1) is 0 Å². The van der Waals surface area contributed by atoms with Gasteiger partial charge >= 0.3 is 5.97 Å². The van der Waals surface area contributed by atoms with Crippen LogP contribution < -0.4 is 16.0 Å². The van der Waals surface area contributed by atoms with Crippen molar-refractivity contribution < 1.29 is 23.9 Å². The number of para-hydroxylation sites is 2. The molecule has 0 aromatic heterocycles. The van der Waals surface area contributed by atoms with Crippen molar-refractivity contribution in [1.29, 1.82) is 0 Å². The van der Waals surface area contributed by atoms with Crippen molar-refractivity contribution in [2.45, 2.75) is 25.8 Å². The van der Waals surface area contributed by atoms with E-state index in [1.165, 1.54) is 0 Å². The summed E-state index contributed by atoms with van der Waals surface area (Å²) in [4.78, 5) is 52.0. The zero-order valence-electron chi connectivity index (χ0n) is 22.6. The highest BCUT2D eigenvalue weighted by Gasteiger charge is 2.25. The molecule has 0 spiro atoms. The van der Waals surface area contributed by atoms with Crippen LogP contribution in [0.2, 0.25) is 0 Å². The molecule has 0 saturated heterocycles. The highest BCUT2D eigenvalue weighted by Crippen LogP contribution is 2.21. The lowest BCUT2D eigenvalue weighted by Gasteiger charge is -2.19. The molecule has 4 rings (SSSR count). The maximum absolute atomic E-state index is 13.4. The Balaban J connectivity index is 1.49. The molecule has 0 aliphatic heterocycles. The van der Waals surface area contributed by atoms with E-state index in [2.05, 4.69) is 16.0 Å². The third kappa shape index (κ3) is 8.12. The second kappa shape index (κ2) is 14.2. The van der Waals surface area contributed by atoms with Crippen LogP contribution in [-0.4, -0.2) is 36.3 Å². The van der Waals surface area contributed by atoms with Gasteiger partial charge < -0.3 is 20.7 Å². The molecule has 3 N–H and O–H groups in total. The number of amides is 3. The summed E-state index contributed by atoms with van der Waals surface area (Å²) in [6, 6.07) is 30.8. The fourth-order valence-electron chi connectivity index (χ4n) is 4.27. The van der Waals surface area contributed by atoms with Crippen LogP contribution in [0.15, 0.2) is 109 Å². The van der Waals surface area contributed by atoms with Gasteiger partial charge in [-0.3, -0.25) is 14.4 Å². The highest BCUT2D eigenvalue weighted by molar-refractivity contribution is 6.13.